The fraction of sp³-hybridized carbons (Fsp3) is 0.222. The van der Waals surface area contributed by atoms with E-state index in [-0.39, 0.29) is 18.4 Å². The maximum absolute atomic E-state index is 13.9. The summed E-state index contributed by atoms with van der Waals surface area (Å²) in [5, 5.41) is 7.57. The number of carbonyl (C=O) groups is 2. The number of fused-ring (bicyclic) bond motifs is 1. The summed E-state index contributed by atoms with van der Waals surface area (Å²) < 4.78 is 17.6. The predicted molar refractivity (Wildman–Crippen MR) is 133 cm³/mol. The van der Waals surface area contributed by atoms with Gasteiger partial charge >= 0.3 is 0 Å². The predicted octanol–water partition coefficient (Wildman–Crippen LogP) is 3.90. The number of ether oxygens (including phenoxy) is 2. The van der Waals surface area contributed by atoms with Gasteiger partial charge in [0.25, 0.3) is 5.91 Å². The Hall–Kier alpha value is -4.53. The first-order valence-corrected chi connectivity index (χ1v) is 11.4. The molecule has 2 amide bonds. The monoisotopic (exact) mass is 486 g/mol. The molecule has 5 rings (SSSR count). The number of methoxy groups -OCH3 is 2. The Kier molecular flexibility index (Phi) is 5.97. The van der Waals surface area contributed by atoms with Gasteiger partial charge in [0.2, 0.25) is 5.91 Å². The van der Waals surface area contributed by atoms with Crippen molar-refractivity contribution >= 4 is 17.5 Å². The van der Waals surface area contributed by atoms with Gasteiger partial charge in [-0.15, -0.1) is 0 Å². The van der Waals surface area contributed by atoms with Crippen LogP contribution in [0.15, 0.2) is 77.4 Å². The first-order valence-electron chi connectivity index (χ1n) is 11.4. The lowest BCUT2D eigenvalue weighted by atomic mass is 9.93. The molecule has 0 spiro atoms. The van der Waals surface area contributed by atoms with Gasteiger partial charge in [0.05, 0.1) is 27.0 Å². The lowest BCUT2D eigenvalue weighted by molar-refractivity contribution is -0.126. The van der Waals surface area contributed by atoms with Crippen LogP contribution >= 0.6 is 0 Å². The standard InChI is InChI=1S/C27H26N4O5/c1-27(26(33)28-16-18-9-11-20(34-2)12-10-18)17-30-23(15-22(29-30)24-8-5-13-36-24)25(32)31(27)19-6-4-7-21(14-19)35-3/h4-15H,16-17H2,1-3H3,(H,28,33). The molecular formula is C27H26N4O5. The van der Waals surface area contributed by atoms with E-state index < -0.39 is 5.54 Å². The Bertz CT molecular complexity index is 1390. The van der Waals surface area contributed by atoms with Gasteiger partial charge in [0.15, 0.2) is 5.76 Å². The van der Waals surface area contributed by atoms with Gasteiger partial charge in [-0.1, -0.05) is 18.2 Å². The van der Waals surface area contributed by atoms with Crippen molar-refractivity contribution in [3.8, 4) is 23.0 Å². The number of carbonyl (C=O) groups excluding carboxylic acids is 2. The van der Waals surface area contributed by atoms with Crippen molar-refractivity contribution in [3.05, 3.63) is 84.3 Å². The summed E-state index contributed by atoms with van der Waals surface area (Å²) in [5.41, 5.74) is 1.08. The number of anilines is 1. The van der Waals surface area contributed by atoms with Crippen LogP contribution < -0.4 is 19.7 Å². The van der Waals surface area contributed by atoms with E-state index in [1.807, 2.05) is 24.3 Å². The number of aromatic nitrogens is 2. The van der Waals surface area contributed by atoms with Crippen LogP contribution in [-0.4, -0.2) is 41.4 Å². The molecule has 0 saturated carbocycles. The fourth-order valence-corrected chi connectivity index (χ4v) is 4.40. The minimum atomic E-state index is -1.27. The number of amides is 2. The molecule has 1 aliphatic rings. The second-order valence-electron chi connectivity index (χ2n) is 8.70. The van der Waals surface area contributed by atoms with E-state index in [2.05, 4.69) is 10.4 Å². The highest BCUT2D eigenvalue weighted by Gasteiger charge is 2.49. The van der Waals surface area contributed by atoms with Crippen molar-refractivity contribution in [2.45, 2.75) is 25.6 Å². The zero-order valence-corrected chi connectivity index (χ0v) is 20.2. The SMILES string of the molecule is COc1ccc(CNC(=O)C2(C)Cn3nc(-c4ccco4)cc3C(=O)N2c2cccc(OC)c2)cc1. The third kappa shape index (κ3) is 4.08. The first-order chi connectivity index (χ1) is 17.4. The quantitative estimate of drug-likeness (QED) is 0.426. The number of rotatable bonds is 7. The number of hydrogen-bond acceptors (Lipinski definition) is 6. The topological polar surface area (TPSA) is 98.8 Å². The Labute approximate surface area is 208 Å². The molecule has 0 saturated heterocycles. The van der Waals surface area contributed by atoms with Crippen LogP contribution in [0, 0.1) is 0 Å². The molecule has 0 radical (unpaired) electrons. The van der Waals surface area contributed by atoms with Crippen LogP contribution in [0.5, 0.6) is 11.5 Å². The molecule has 1 aliphatic heterocycles. The number of nitrogens with zero attached hydrogens (tertiary/aromatic N) is 3. The number of hydrogen-bond donors (Lipinski definition) is 1. The van der Waals surface area contributed by atoms with Gasteiger partial charge in [-0.25, -0.2) is 0 Å². The molecule has 0 fully saturated rings. The molecule has 9 heteroatoms. The molecule has 0 aliphatic carbocycles. The average Bonchev–Trinajstić information content (AvgIpc) is 3.58. The Morgan fingerprint density at radius 3 is 2.53 bits per heavy atom. The minimum absolute atomic E-state index is 0.153. The highest BCUT2D eigenvalue weighted by molar-refractivity contribution is 6.12. The van der Waals surface area contributed by atoms with Crippen molar-refractivity contribution in [2.24, 2.45) is 0 Å². The fourth-order valence-electron chi connectivity index (χ4n) is 4.40. The maximum atomic E-state index is 13.9. The van der Waals surface area contributed by atoms with Crippen LogP contribution in [0.1, 0.15) is 23.0 Å². The number of benzene rings is 2. The van der Waals surface area contributed by atoms with Crippen molar-refractivity contribution in [1.29, 1.82) is 0 Å². The van der Waals surface area contributed by atoms with E-state index in [0.717, 1.165) is 11.3 Å². The van der Waals surface area contributed by atoms with Gasteiger partial charge in [-0.05, 0) is 48.9 Å². The molecule has 4 aromatic rings. The summed E-state index contributed by atoms with van der Waals surface area (Å²) in [5.74, 6) is 1.20. The molecule has 1 N–H and O–H groups in total. The van der Waals surface area contributed by atoms with Gasteiger partial charge in [-0.3, -0.25) is 19.2 Å². The summed E-state index contributed by atoms with van der Waals surface area (Å²) >= 11 is 0. The molecule has 9 nitrogen and oxygen atoms in total. The van der Waals surface area contributed by atoms with Crippen LogP contribution in [0.3, 0.4) is 0 Å². The average molecular weight is 487 g/mol. The third-order valence-corrected chi connectivity index (χ3v) is 6.34. The van der Waals surface area contributed by atoms with Crippen LogP contribution in [0.4, 0.5) is 5.69 Å². The molecule has 1 unspecified atom stereocenters. The molecule has 2 aromatic carbocycles. The van der Waals surface area contributed by atoms with Crippen molar-refractivity contribution in [3.63, 3.8) is 0 Å². The third-order valence-electron chi connectivity index (χ3n) is 6.34. The van der Waals surface area contributed by atoms with Crippen LogP contribution in [0.25, 0.3) is 11.5 Å². The summed E-state index contributed by atoms with van der Waals surface area (Å²) in [7, 11) is 3.16. The van der Waals surface area contributed by atoms with Crippen molar-refractivity contribution in [1.82, 2.24) is 15.1 Å². The first kappa shape index (κ1) is 23.2. The van der Waals surface area contributed by atoms with Crippen molar-refractivity contribution in [2.75, 3.05) is 19.1 Å². The normalized spacial score (nSPS) is 17.0. The van der Waals surface area contributed by atoms with Crippen molar-refractivity contribution < 1.29 is 23.5 Å². The Morgan fingerprint density at radius 1 is 1.06 bits per heavy atom. The van der Waals surface area contributed by atoms with E-state index in [9.17, 15) is 9.59 Å². The van der Waals surface area contributed by atoms with Crippen LogP contribution in [0.2, 0.25) is 0 Å². The van der Waals surface area contributed by atoms with Gasteiger partial charge in [0, 0.05) is 24.4 Å². The zero-order chi connectivity index (χ0) is 25.3. The Balaban J connectivity index is 1.51. The molecule has 3 heterocycles. The number of nitrogens with one attached hydrogen (secondary N) is 1. The van der Waals surface area contributed by atoms with Gasteiger partial charge in [0.1, 0.15) is 28.4 Å². The molecule has 184 valence electrons. The molecular weight excluding hydrogens is 460 g/mol. The second-order valence-corrected chi connectivity index (χ2v) is 8.70. The number of furan rings is 1. The summed E-state index contributed by atoms with van der Waals surface area (Å²) in [6.45, 7) is 2.19. The van der Waals surface area contributed by atoms with Gasteiger partial charge < -0.3 is 19.2 Å². The lowest BCUT2D eigenvalue weighted by Crippen LogP contribution is -2.64. The van der Waals surface area contributed by atoms with E-state index >= 15 is 0 Å². The second kappa shape index (κ2) is 9.26. The maximum Gasteiger partial charge on any atom is 0.277 e. The van der Waals surface area contributed by atoms with Gasteiger partial charge in [-0.2, -0.15) is 5.10 Å². The van der Waals surface area contributed by atoms with E-state index in [1.165, 1.54) is 4.90 Å². The molecule has 36 heavy (non-hydrogen) atoms. The zero-order valence-electron chi connectivity index (χ0n) is 20.2. The molecule has 2 aromatic heterocycles. The highest BCUT2D eigenvalue weighted by atomic mass is 16.5. The van der Waals surface area contributed by atoms with E-state index in [0.29, 0.717) is 35.1 Å². The highest BCUT2D eigenvalue weighted by Crippen LogP contribution is 2.35. The summed E-state index contributed by atoms with van der Waals surface area (Å²) in [6, 6.07) is 19.8. The Morgan fingerprint density at radius 2 is 1.83 bits per heavy atom. The smallest absolute Gasteiger partial charge is 0.277 e. The molecule has 0 bridgehead atoms. The van der Waals surface area contributed by atoms with E-state index in [1.54, 1.807) is 74.6 Å². The lowest BCUT2D eigenvalue weighted by Gasteiger charge is -2.43. The minimum Gasteiger partial charge on any atom is -0.497 e. The van der Waals surface area contributed by atoms with Crippen LogP contribution in [-0.2, 0) is 17.9 Å². The van der Waals surface area contributed by atoms with E-state index in [4.69, 9.17) is 13.9 Å². The summed E-state index contributed by atoms with van der Waals surface area (Å²) in [4.78, 5) is 29.1. The molecule has 1 atom stereocenters. The largest absolute Gasteiger partial charge is 0.497 e. The summed E-state index contributed by atoms with van der Waals surface area (Å²) in [6.07, 6.45) is 1.55.